The van der Waals surface area contributed by atoms with Crippen LogP contribution in [0.1, 0.15) is 24.1 Å². The molecule has 3 N–H and O–H groups in total. The molecule has 1 fully saturated rings. The fraction of sp³-hybridized carbons (Fsp3) is 0.368. The zero-order valence-corrected chi connectivity index (χ0v) is 14.4. The van der Waals surface area contributed by atoms with Crippen molar-refractivity contribution in [2.75, 3.05) is 31.1 Å². The van der Waals surface area contributed by atoms with Gasteiger partial charge in [-0.25, -0.2) is 9.49 Å². The maximum Gasteiger partial charge on any atom is 0.275 e. The van der Waals surface area contributed by atoms with E-state index in [2.05, 4.69) is 15.5 Å². The van der Waals surface area contributed by atoms with E-state index in [9.17, 15) is 14.3 Å². The Morgan fingerprint density at radius 2 is 2.08 bits per heavy atom. The molecule has 4 rings (SSSR count). The minimum Gasteiger partial charge on any atom is -0.511 e. The number of hydrogen-bond donors (Lipinski definition) is 3. The van der Waals surface area contributed by atoms with E-state index in [-0.39, 0.29) is 17.1 Å². The Balaban J connectivity index is 1.72. The van der Waals surface area contributed by atoms with Crippen LogP contribution >= 0.6 is 0 Å². The smallest absolute Gasteiger partial charge is 0.275 e. The highest BCUT2D eigenvalue weighted by Gasteiger charge is 2.16. The van der Waals surface area contributed by atoms with Gasteiger partial charge in [0.25, 0.3) is 5.56 Å². The number of piperazine rings is 1. The van der Waals surface area contributed by atoms with Gasteiger partial charge in [-0.05, 0) is 24.1 Å². The number of fused-ring (bicyclic) bond motifs is 1. The van der Waals surface area contributed by atoms with Gasteiger partial charge >= 0.3 is 0 Å². The van der Waals surface area contributed by atoms with Gasteiger partial charge in [0.1, 0.15) is 11.6 Å². The molecule has 0 spiro atoms. The Morgan fingerprint density at radius 1 is 1.27 bits per heavy atom. The number of rotatable bonds is 3. The highest BCUT2D eigenvalue weighted by atomic mass is 19.1. The van der Waals surface area contributed by atoms with E-state index in [0.29, 0.717) is 41.1 Å². The molecule has 0 radical (unpaired) electrons. The maximum absolute atomic E-state index is 14.3. The summed E-state index contributed by atoms with van der Waals surface area (Å²) in [4.78, 5) is 14.0. The molecule has 0 unspecified atom stereocenters. The lowest BCUT2D eigenvalue weighted by molar-refractivity contribution is 0.476. The summed E-state index contributed by atoms with van der Waals surface area (Å²) in [7, 11) is 0. The van der Waals surface area contributed by atoms with Crippen molar-refractivity contribution in [2.45, 2.75) is 19.3 Å². The van der Waals surface area contributed by atoms with Crippen LogP contribution < -0.4 is 26.2 Å². The van der Waals surface area contributed by atoms with Crippen molar-refractivity contribution in [1.82, 2.24) is 15.5 Å². The molecule has 2 aliphatic rings. The number of aliphatic hydroxyl groups excluding tert-OH is 1. The van der Waals surface area contributed by atoms with Crippen LogP contribution in [0.25, 0.3) is 11.8 Å². The molecule has 0 amide bonds. The summed E-state index contributed by atoms with van der Waals surface area (Å²) in [5, 5.41) is 21.0. The van der Waals surface area contributed by atoms with Crippen LogP contribution in [0, 0.1) is 5.82 Å². The summed E-state index contributed by atoms with van der Waals surface area (Å²) in [5.41, 5.74) is 1.82. The first-order chi connectivity index (χ1) is 12.6. The molecule has 0 saturated carbocycles. The number of halogens is 1. The molecule has 6 nitrogen and oxygen atoms in total. The maximum atomic E-state index is 14.3. The van der Waals surface area contributed by atoms with E-state index < -0.39 is 0 Å². The van der Waals surface area contributed by atoms with Gasteiger partial charge < -0.3 is 15.3 Å². The highest BCUT2D eigenvalue weighted by Crippen LogP contribution is 2.22. The fourth-order valence-electron chi connectivity index (χ4n) is 3.63. The average Bonchev–Trinajstić information content (AvgIpc) is 2.66. The fourth-order valence-corrected chi connectivity index (χ4v) is 3.63. The molecule has 0 atom stereocenters. The van der Waals surface area contributed by atoms with Gasteiger partial charge in [-0.2, -0.15) is 5.10 Å². The number of anilines is 1. The topological polar surface area (TPSA) is 81.2 Å². The second-order valence-electron chi connectivity index (χ2n) is 6.68. The molecule has 2 aromatic rings. The van der Waals surface area contributed by atoms with Crippen LogP contribution in [-0.4, -0.2) is 41.5 Å². The van der Waals surface area contributed by atoms with E-state index in [1.165, 1.54) is 6.07 Å². The lowest BCUT2D eigenvalue weighted by atomic mass is 10.0. The Morgan fingerprint density at radius 3 is 2.88 bits per heavy atom. The summed E-state index contributed by atoms with van der Waals surface area (Å²) in [6, 6.07) is 5.08. The molecule has 26 heavy (non-hydrogen) atoms. The molecule has 136 valence electrons. The number of hydrogen-bond acceptors (Lipinski definition) is 5. The predicted octanol–water partition coefficient (Wildman–Crippen LogP) is 0.150. The number of aromatic nitrogens is 2. The van der Waals surface area contributed by atoms with Crippen LogP contribution in [-0.2, 0) is 6.42 Å². The number of benzene rings is 1. The molecular formula is C19H21FN4O2. The molecular weight excluding hydrogens is 335 g/mol. The minimum atomic E-state index is -0.377. The van der Waals surface area contributed by atoms with Gasteiger partial charge in [-0.15, -0.1) is 0 Å². The lowest BCUT2D eigenvalue weighted by Gasteiger charge is -2.30. The van der Waals surface area contributed by atoms with Gasteiger partial charge in [0, 0.05) is 44.2 Å². The SMILES string of the molecule is O=c1[nH]nc(Cc2ccc(F)c(N3CCNCC3)c2)c2c1=C(O)CCC=2. The van der Waals surface area contributed by atoms with E-state index in [1.807, 2.05) is 17.0 Å². The van der Waals surface area contributed by atoms with Crippen LogP contribution in [0.4, 0.5) is 10.1 Å². The highest BCUT2D eigenvalue weighted by molar-refractivity contribution is 5.51. The number of nitrogens with zero attached hydrogens (tertiary/aromatic N) is 2. The average molecular weight is 356 g/mol. The Labute approximate surface area is 149 Å². The van der Waals surface area contributed by atoms with Crippen molar-refractivity contribution in [3.05, 3.63) is 56.1 Å². The zero-order valence-electron chi connectivity index (χ0n) is 14.4. The third kappa shape index (κ3) is 3.10. The molecule has 1 aliphatic heterocycles. The standard InChI is InChI=1S/C19H21FN4O2/c20-14-5-4-12(11-16(14)24-8-6-21-7-9-24)10-15-13-2-1-3-17(25)18(13)19(26)23-22-15/h2,4-5,11,21,25H,1,3,6-10H2,(H,23,26). The van der Waals surface area contributed by atoms with Crippen molar-refractivity contribution >= 4 is 17.5 Å². The lowest BCUT2D eigenvalue weighted by Crippen LogP contribution is -2.47. The van der Waals surface area contributed by atoms with Gasteiger partial charge in [0.05, 0.1) is 16.6 Å². The third-order valence-electron chi connectivity index (χ3n) is 4.96. The summed E-state index contributed by atoms with van der Waals surface area (Å²) in [6.07, 6.45) is 3.53. The number of aromatic amines is 1. The predicted molar refractivity (Wildman–Crippen MR) is 98.1 cm³/mol. The number of H-pyrrole nitrogens is 1. The Hall–Kier alpha value is -2.67. The monoisotopic (exact) mass is 356 g/mol. The second kappa shape index (κ2) is 6.92. The van der Waals surface area contributed by atoms with Gasteiger partial charge in [0.15, 0.2) is 0 Å². The molecule has 1 aliphatic carbocycles. The summed E-state index contributed by atoms with van der Waals surface area (Å²) in [6.45, 7) is 3.21. The van der Waals surface area contributed by atoms with E-state index in [0.717, 1.165) is 31.7 Å². The number of aliphatic hydroxyl groups is 1. The molecule has 0 bridgehead atoms. The summed E-state index contributed by atoms with van der Waals surface area (Å²) in [5.74, 6) is -0.127. The van der Waals surface area contributed by atoms with Crippen molar-refractivity contribution in [3.63, 3.8) is 0 Å². The number of nitrogens with one attached hydrogen (secondary N) is 2. The first-order valence-corrected chi connectivity index (χ1v) is 8.87. The van der Waals surface area contributed by atoms with Crippen molar-refractivity contribution in [2.24, 2.45) is 0 Å². The molecule has 1 aromatic heterocycles. The first-order valence-electron chi connectivity index (χ1n) is 8.87. The second-order valence-corrected chi connectivity index (χ2v) is 6.68. The van der Waals surface area contributed by atoms with Crippen LogP contribution in [0.15, 0.2) is 23.0 Å². The zero-order chi connectivity index (χ0) is 18.1. The van der Waals surface area contributed by atoms with Gasteiger partial charge in [0.2, 0.25) is 0 Å². The van der Waals surface area contributed by atoms with Crippen LogP contribution in [0.2, 0.25) is 0 Å². The van der Waals surface area contributed by atoms with Crippen molar-refractivity contribution in [1.29, 1.82) is 0 Å². The van der Waals surface area contributed by atoms with Crippen molar-refractivity contribution < 1.29 is 9.50 Å². The van der Waals surface area contributed by atoms with Crippen molar-refractivity contribution in [3.8, 4) is 0 Å². The molecule has 7 heteroatoms. The summed E-state index contributed by atoms with van der Waals surface area (Å²) < 4.78 is 14.3. The Bertz CT molecular complexity index is 1010. The van der Waals surface area contributed by atoms with Crippen LogP contribution in [0.3, 0.4) is 0 Å². The quantitative estimate of drug-likeness (QED) is 0.730. The largest absolute Gasteiger partial charge is 0.511 e. The van der Waals surface area contributed by atoms with E-state index in [1.54, 1.807) is 6.07 Å². The summed E-state index contributed by atoms with van der Waals surface area (Å²) >= 11 is 0. The van der Waals surface area contributed by atoms with Crippen LogP contribution in [0.5, 0.6) is 0 Å². The van der Waals surface area contributed by atoms with E-state index >= 15 is 0 Å². The normalized spacial score (nSPS) is 17.0. The molecule has 2 heterocycles. The third-order valence-corrected chi connectivity index (χ3v) is 4.96. The van der Waals surface area contributed by atoms with E-state index in [4.69, 9.17) is 0 Å². The van der Waals surface area contributed by atoms with Gasteiger partial charge in [-0.3, -0.25) is 4.79 Å². The molecule has 1 aromatic carbocycles. The molecule has 1 saturated heterocycles. The first kappa shape index (κ1) is 16.8. The Kier molecular flexibility index (Phi) is 4.46. The van der Waals surface area contributed by atoms with Gasteiger partial charge in [-0.1, -0.05) is 12.1 Å². The minimum absolute atomic E-state index is 0.105.